The van der Waals surface area contributed by atoms with Gasteiger partial charge in [0.2, 0.25) is 0 Å². The van der Waals surface area contributed by atoms with Crippen LogP contribution >= 0.6 is 0 Å². The van der Waals surface area contributed by atoms with Crippen LogP contribution in [0.4, 0.5) is 0 Å². The third-order valence-corrected chi connectivity index (χ3v) is 4.50. The Kier molecular flexibility index (Phi) is 3.57. The summed E-state index contributed by atoms with van der Waals surface area (Å²) in [4.78, 5) is 9.26. The lowest BCUT2D eigenvalue weighted by Gasteiger charge is -2.03. The van der Waals surface area contributed by atoms with Crippen molar-refractivity contribution in [3.63, 3.8) is 0 Å². The summed E-state index contributed by atoms with van der Waals surface area (Å²) in [7, 11) is 1.64. The van der Waals surface area contributed by atoms with Gasteiger partial charge in [0.05, 0.1) is 30.8 Å². The predicted molar refractivity (Wildman–Crippen MR) is 102 cm³/mol. The fourth-order valence-electron chi connectivity index (χ4n) is 3.19. The molecule has 0 aliphatic heterocycles. The van der Waals surface area contributed by atoms with Gasteiger partial charge in [-0.05, 0) is 17.7 Å². The van der Waals surface area contributed by atoms with Crippen LogP contribution in [0, 0.1) is 0 Å². The number of para-hydroxylation sites is 1. The highest BCUT2D eigenvalue weighted by Gasteiger charge is 2.15. The highest BCUT2D eigenvalue weighted by molar-refractivity contribution is 5.89. The van der Waals surface area contributed by atoms with Gasteiger partial charge in [-0.3, -0.25) is 0 Å². The van der Waals surface area contributed by atoms with Crippen LogP contribution in [-0.2, 0) is 6.54 Å². The van der Waals surface area contributed by atoms with E-state index in [1.807, 2.05) is 47.1 Å². The molecule has 0 saturated heterocycles. The van der Waals surface area contributed by atoms with Crippen molar-refractivity contribution < 1.29 is 4.74 Å². The summed E-state index contributed by atoms with van der Waals surface area (Å²) in [5, 5.41) is 9.93. The SMILES string of the molecule is COc1ccccc1-c1nc2c3cnn(Cc4ccccc4)c3ncn2n1. The number of nitrogens with zero attached hydrogens (tertiary/aromatic N) is 6. The third-order valence-electron chi connectivity index (χ3n) is 4.50. The Labute approximate surface area is 154 Å². The van der Waals surface area contributed by atoms with Gasteiger partial charge in [0.15, 0.2) is 17.1 Å². The lowest BCUT2D eigenvalue weighted by molar-refractivity contribution is 0.416. The molecule has 132 valence electrons. The number of fused-ring (bicyclic) bond motifs is 3. The molecule has 0 bridgehead atoms. The minimum atomic E-state index is 0.595. The molecule has 5 rings (SSSR count). The van der Waals surface area contributed by atoms with Crippen LogP contribution < -0.4 is 4.74 Å². The van der Waals surface area contributed by atoms with Gasteiger partial charge in [-0.25, -0.2) is 19.2 Å². The summed E-state index contributed by atoms with van der Waals surface area (Å²) >= 11 is 0. The van der Waals surface area contributed by atoms with Crippen molar-refractivity contribution in [3.05, 3.63) is 72.7 Å². The molecule has 3 aromatic heterocycles. The van der Waals surface area contributed by atoms with Gasteiger partial charge < -0.3 is 4.74 Å². The average Bonchev–Trinajstić information content (AvgIpc) is 3.33. The molecule has 2 aromatic carbocycles. The number of ether oxygens (including phenoxy) is 1. The van der Waals surface area contributed by atoms with Crippen LogP contribution in [-0.4, -0.2) is 36.5 Å². The maximum atomic E-state index is 5.43. The first-order valence-corrected chi connectivity index (χ1v) is 8.58. The van der Waals surface area contributed by atoms with Gasteiger partial charge in [0.1, 0.15) is 12.1 Å². The quantitative estimate of drug-likeness (QED) is 0.495. The van der Waals surface area contributed by atoms with E-state index in [9.17, 15) is 0 Å². The molecule has 5 aromatic rings. The van der Waals surface area contributed by atoms with Gasteiger partial charge in [-0.1, -0.05) is 42.5 Å². The van der Waals surface area contributed by atoms with E-state index in [0.29, 0.717) is 12.4 Å². The van der Waals surface area contributed by atoms with E-state index in [2.05, 4.69) is 27.3 Å². The zero-order valence-corrected chi connectivity index (χ0v) is 14.6. The van der Waals surface area contributed by atoms with Crippen molar-refractivity contribution in [1.29, 1.82) is 0 Å². The van der Waals surface area contributed by atoms with Crippen molar-refractivity contribution in [2.45, 2.75) is 6.54 Å². The molecule has 7 heteroatoms. The number of aromatic nitrogens is 6. The zero-order valence-electron chi connectivity index (χ0n) is 14.6. The van der Waals surface area contributed by atoms with Gasteiger partial charge >= 0.3 is 0 Å². The Morgan fingerprint density at radius 2 is 1.78 bits per heavy atom. The van der Waals surface area contributed by atoms with Crippen LogP contribution in [0.25, 0.3) is 28.1 Å². The summed E-state index contributed by atoms with van der Waals surface area (Å²) < 4.78 is 8.99. The van der Waals surface area contributed by atoms with E-state index in [1.165, 1.54) is 5.56 Å². The molecule has 0 aliphatic rings. The largest absolute Gasteiger partial charge is 0.496 e. The predicted octanol–water partition coefficient (Wildman–Crippen LogP) is 3.20. The number of rotatable bonds is 4. The molecule has 0 spiro atoms. The molecule has 0 aliphatic carbocycles. The van der Waals surface area contributed by atoms with Crippen LogP contribution in [0.2, 0.25) is 0 Å². The first-order chi connectivity index (χ1) is 13.3. The number of hydrogen-bond donors (Lipinski definition) is 0. The van der Waals surface area contributed by atoms with Crippen LogP contribution in [0.3, 0.4) is 0 Å². The highest BCUT2D eigenvalue weighted by Crippen LogP contribution is 2.28. The molecule has 0 atom stereocenters. The van der Waals surface area contributed by atoms with E-state index in [0.717, 1.165) is 28.0 Å². The normalized spacial score (nSPS) is 11.3. The molecule has 7 nitrogen and oxygen atoms in total. The Bertz CT molecular complexity index is 1240. The molecule has 0 N–H and O–H groups in total. The molecule has 0 saturated carbocycles. The van der Waals surface area contributed by atoms with Crippen LogP contribution in [0.5, 0.6) is 5.75 Å². The standard InChI is InChI=1S/C20H16N6O/c1-27-17-10-6-5-9-15(17)18-23-20-16-11-22-25(12-14-7-3-2-4-8-14)19(16)21-13-26(20)24-18/h2-11,13H,12H2,1H3. The minimum absolute atomic E-state index is 0.595. The smallest absolute Gasteiger partial charge is 0.185 e. The third kappa shape index (κ3) is 2.60. The topological polar surface area (TPSA) is 70.1 Å². The van der Waals surface area contributed by atoms with Gasteiger partial charge in [0.25, 0.3) is 0 Å². The van der Waals surface area contributed by atoms with Gasteiger partial charge in [-0.2, -0.15) is 5.10 Å². The van der Waals surface area contributed by atoms with E-state index in [4.69, 9.17) is 9.72 Å². The van der Waals surface area contributed by atoms with E-state index >= 15 is 0 Å². The lowest BCUT2D eigenvalue weighted by Crippen LogP contribution is -2.03. The number of hydrogen-bond acceptors (Lipinski definition) is 5. The summed E-state index contributed by atoms with van der Waals surface area (Å²) in [6.07, 6.45) is 3.47. The first kappa shape index (κ1) is 15.5. The second-order valence-electron chi connectivity index (χ2n) is 6.17. The number of methoxy groups -OCH3 is 1. The zero-order chi connectivity index (χ0) is 18.2. The molecular weight excluding hydrogens is 340 g/mol. The van der Waals surface area contributed by atoms with Crippen LogP contribution in [0.15, 0.2) is 67.1 Å². The fourth-order valence-corrected chi connectivity index (χ4v) is 3.19. The molecule has 27 heavy (non-hydrogen) atoms. The Morgan fingerprint density at radius 1 is 0.963 bits per heavy atom. The van der Waals surface area contributed by atoms with Gasteiger partial charge in [0, 0.05) is 0 Å². The molecular formula is C20H16N6O. The van der Waals surface area contributed by atoms with Gasteiger partial charge in [-0.15, -0.1) is 5.10 Å². The maximum Gasteiger partial charge on any atom is 0.185 e. The second-order valence-corrected chi connectivity index (χ2v) is 6.17. The summed E-state index contributed by atoms with van der Waals surface area (Å²) in [6.45, 7) is 0.654. The second kappa shape index (κ2) is 6.21. The number of benzene rings is 2. The van der Waals surface area contributed by atoms with E-state index in [1.54, 1.807) is 24.1 Å². The van der Waals surface area contributed by atoms with Crippen molar-refractivity contribution in [3.8, 4) is 17.1 Å². The van der Waals surface area contributed by atoms with Crippen LogP contribution in [0.1, 0.15) is 5.56 Å². The van der Waals surface area contributed by atoms with E-state index < -0.39 is 0 Å². The highest BCUT2D eigenvalue weighted by atomic mass is 16.5. The van der Waals surface area contributed by atoms with Crippen molar-refractivity contribution in [1.82, 2.24) is 29.4 Å². The summed E-state index contributed by atoms with van der Waals surface area (Å²) in [5.41, 5.74) is 3.51. The van der Waals surface area contributed by atoms with Crippen molar-refractivity contribution >= 4 is 16.7 Å². The monoisotopic (exact) mass is 356 g/mol. The Hall–Kier alpha value is -3.74. The summed E-state index contributed by atoms with van der Waals surface area (Å²) in [6, 6.07) is 17.9. The molecule has 3 heterocycles. The first-order valence-electron chi connectivity index (χ1n) is 8.58. The Balaban J connectivity index is 1.62. The average molecular weight is 356 g/mol. The lowest BCUT2D eigenvalue weighted by atomic mass is 10.2. The Morgan fingerprint density at radius 3 is 2.63 bits per heavy atom. The maximum absolute atomic E-state index is 5.43. The minimum Gasteiger partial charge on any atom is -0.496 e. The molecule has 0 amide bonds. The van der Waals surface area contributed by atoms with E-state index in [-0.39, 0.29) is 0 Å². The van der Waals surface area contributed by atoms with Crippen molar-refractivity contribution in [2.24, 2.45) is 0 Å². The molecule has 0 unspecified atom stereocenters. The molecule has 0 radical (unpaired) electrons. The summed E-state index contributed by atoms with van der Waals surface area (Å²) in [5.74, 6) is 1.33. The van der Waals surface area contributed by atoms with Crippen molar-refractivity contribution in [2.75, 3.05) is 7.11 Å². The fraction of sp³-hybridized carbons (Fsp3) is 0.100. The molecule has 0 fully saturated rings.